The first kappa shape index (κ1) is 19.5. The molecule has 8 heteroatoms. The molecule has 0 aromatic heterocycles. The van der Waals surface area contributed by atoms with Crippen LogP contribution in [0.2, 0.25) is 5.02 Å². The predicted octanol–water partition coefficient (Wildman–Crippen LogP) is 2.42. The fourth-order valence-corrected chi connectivity index (χ4v) is 2.65. The average molecular weight is 363 g/mol. The van der Waals surface area contributed by atoms with Crippen LogP contribution in [0.3, 0.4) is 0 Å². The largest absolute Gasteiger partial charge is 0.495 e. The van der Waals surface area contributed by atoms with E-state index in [2.05, 4.69) is 5.32 Å². The number of hydrogen-bond acceptors (Lipinski definition) is 4. The van der Waals surface area contributed by atoms with Gasteiger partial charge in [-0.25, -0.2) is 0 Å². The summed E-state index contributed by atoms with van der Waals surface area (Å²) in [5.41, 5.74) is 1.40. The number of hydrogen-bond donors (Lipinski definition) is 2. The highest BCUT2D eigenvalue weighted by molar-refractivity contribution is 6.31. The van der Waals surface area contributed by atoms with Crippen LogP contribution in [0, 0.1) is 12.8 Å². The smallest absolute Gasteiger partial charge is 0.307 e. The number of nitrogens with one attached hydrogen (secondary N) is 1. The van der Waals surface area contributed by atoms with Gasteiger partial charge in [0.2, 0.25) is 5.91 Å². The Morgan fingerprint density at radius 2 is 2.17 bits per heavy atom. The van der Waals surface area contributed by atoms with Gasteiger partial charge in [-0.2, -0.15) is 0 Å². The molecule has 1 aliphatic heterocycles. The van der Waals surface area contributed by atoms with E-state index in [1.807, 2.05) is 11.8 Å². The lowest BCUT2D eigenvalue weighted by atomic mass is 10.1. The maximum Gasteiger partial charge on any atom is 0.307 e. The van der Waals surface area contributed by atoms with Crippen LogP contribution in [-0.2, 0) is 9.59 Å². The van der Waals surface area contributed by atoms with Gasteiger partial charge in [0.15, 0.2) is 0 Å². The summed E-state index contributed by atoms with van der Waals surface area (Å²) >= 11 is 6.03. The highest BCUT2D eigenvalue weighted by Gasteiger charge is 2.29. The molecule has 128 valence electrons. The molecule has 1 unspecified atom stereocenters. The molecule has 2 N–H and O–H groups in total. The zero-order chi connectivity index (χ0) is 16.3. The molecule has 0 spiro atoms. The van der Waals surface area contributed by atoms with Crippen molar-refractivity contribution in [3.05, 3.63) is 22.7 Å². The number of benzene rings is 1. The van der Waals surface area contributed by atoms with Crippen LogP contribution in [-0.4, -0.2) is 48.6 Å². The lowest BCUT2D eigenvalue weighted by molar-refractivity contribution is -0.141. The number of amides is 1. The number of carbonyl (C=O) groups is 2. The molecule has 1 aliphatic rings. The summed E-state index contributed by atoms with van der Waals surface area (Å²) in [7, 11) is 1.51. The van der Waals surface area contributed by atoms with Gasteiger partial charge in [-0.05, 0) is 31.5 Å². The standard InChI is InChI=1S/C15H19ClN2O4.ClH/c1-9-5-12(13(22-2)6-11(9)16)17-14(19)8-18-4-3-10(7-18)15(20)21;/h5-6,10H,3-4,7-8H2,1-2H3,(H,17,19)(H,20,21);1H. The van der Waals surface area contributed by atoms with E-state index in [4.69, 9.17) is 21.4 Å². The number of carboxylic acids is 1. The van der Waals surface area contributed by atoms with E-state index < -0.39 is 5.97 Å². The summed E-state index contributed by atoms with van der Waals surface area (Å²) < 4.78 is 5.21. The van der Waals surface area contributed by atoms with E-state index in [0.717, 1.165) is 5.56 Å². The topological polar surface area (TPSA) is 78.9 Å². The Bertz CT molecular complexity index is 595. The first-order valence-corrected chi connectivity index (χ1v) is 7.37. The molecule has 1 aromatic carbocycles. The molecule has 1 heterocycles. The van der Waals surface area contributed by atoms with Crippen LogP contribution in [0.15, 0.2) is 12.1 Å². The maximum atomic E-state index is 12.1. The number of carbonyl (C=O) groups excluding carboxylic acids is 1. The molecule has 0 bridgehead atoms. The van der Waals surface area contributed by atoms with Crippen LogP contribution in [0.1, 0.15) is 12.0 Å². The third-order valence-corrected chi connectivity index (χ3v) is 4.15. The first-order chi connectivity index (χ1) is 10.4. The Hall–Kier alpha value is -1.50. The molecule has 0 radical (unpaired) electrons. The van der Waals surface area contributed by atoms with Gasteiger partial charge < -0.3 is 15.2 Å². The van der Waals surface area contributed by atoms with Crippen LogP contribution >= 0.6 is 24.0 Å². The van der Waals surface area contributed by atoms with Gasteiger partial charge in [0.1, 0.15) is 5.75 Å². The Balaban J connectivity index is 0.00000264. The van der Waals surface area contributed by atoms with E-state index in [-0.39, 0.29) is 30.8 Å². The molecule has 1 atom stereocenters. The van der Waals surface area contributed by atoms with Crippen molar-refractivity contribution in [2.75, 3.05) is 32.1 Å². The minimum atomic E-state index is -0.807. The molecule has 0 saturated carbocycles. The lowest BCUT2D eigenvalue weighted by Crippen LogP contribution is -2.32. The number of carboxylic acid groups (broad SMARTS) is 1. The number of rotatable bonds is 5. The Morgan fingerprint density at radius 1 is 1.48 bits per heavy atom. The van der Waals surface area contributed by atoms with Crippen LogP contribution in [0.25, 0.3) is 0 Å². The summed E-state index contributed by atoms with van der Waals surface area (Å²) in [6, 6.07) is 3.41. The van der Waals surface area contributed by atoms with Crippen molar-refractivity contribution < 1.29 is 19.4 Å². The number of halogens is 2. The third kappa shape index (κ3) is 4.99. The SMILES string of the molecule is COc1cc(Cl)c(C)cc1NC(=O)CN1CCC(C(=O)O)C1.Cl. The highest BCUT2D eigenvalue weighted by Crippen LogP contribution is 2.31. The Labute approximate surface area is 146 Å². The van der Waals surface area contributed by atoms with E-state index >= 15 is 0 Å². The van der Waals surface area contributed by atoms with Crippen LogP contribution in [0.5, 0.6) is 5.75 Å². The van der Waals surface area contributed by atoms with Crippen molar-refractivity contribution in [3.8, 4) is 5.75 Å². The van der Waals surface area contributed by atoms with Crippen molar-refractivity contribution in [1.29, 1.82) is 0 Å². The van der Waals surface area contributed by atoms with Crippen LogP contribution < -0.4 is 10.1 Å². The zero-order valence-corrected chi connectivity index (χ0v) is 14.5. The molecule has 23 heavy (non-hydrogen) atoms. The Kier molecular flexibility index (Phi) is 7.12. The molecule has 1 amide bonds. The highest BCUT2D eigenvalue weighted by atomic mass is 35.5. The molecule has 6 nitrogen and oxygen atoms in total. The van der Waals surface area contributed by atoms with Gasteiger partial charge in [0, 0.05) is 17.6 Å². The fraction of sp³-hybridized carbons (Fsp3) is 0.467. The third-order valence-electron chi connectivity index (χ3n) is 3.74. The van der Waals surface area contributed by atoms with Gasteiger partial charge in [-0.15, -0.1) is 12.4 Å². The van der Waals surface area contributed by atoms with Gasteiger partial charge in [0.25, 0.3) is 0 Å². The molecule has 1 aromatic rings. The number of anilines is 1. The van der Waals surface area contributed by atoms with E-state index in [1.54, 1.807) is 12.1 Å². The zero-order valence-electron chi connectivity index (χ0n) is 13.0. The molecule has 0 aliphatic carbocycles. The number of likely N-dealkylation sites (tertiary alicyclic amines) is 1. The summed E-state index contributed by atoms with van der Waals surface area (Å²) in [4.78, 5) is 24.9. The predicted molar refractivity (Wildman–Crippen MR) is 90.8 cm³/mol. The fourth-order valence-electron chi connectivity index (χ4n) is 2.50. The molecular weight excluding hydrogens is 343 g/mol. The summed E-state index contributed by atoms with van der Waals surface area (Å²) in [5.74, 6) is -0.905. The van der Waals surface area contributed by atoms with Gasteiger partial charge in [0.05, 0.1) is 25.3 Å². The minimum Gasteiger partial charge on any atom is -0.495 e. The maximum absolute atomic E-state index is 12.1. The normalized spacial score (nSPS) is 17.4. The monoisotopic (exact) mass is 362 g/mol. The lowest BCUT2D eigenvalue weighted by Gasteiger charge is -2.16. The number of ether oxygens (including phenoxy) is 1. The number of methoxy groups -OCH3 is 1. The van der Waals surface area contributed by atoms with Crippen molar-refractivity contribution >= 4 is 41.6 Å². The minimum absolute atomic E-state index is 0. The van der Waals surface area contributed by atoms with Crippen molar-refractivity contribution in [2.24, 2.45) is 5.92 Å². The number of aliphatic carboxylic acids is 1. The number of nitrogens with zero attached hydrogens (tertiary/aromatic N) is 1. The van der Waals surface area contributed by atoms with Crippen molar-refractivity contribution in [1.82, 2.24) is 4.90 Å². The van der Waals surface area contributed by atoms with E-state index in [9.17, 15) is 9.59 Å². The van der Waals surface area contributed by atoms with Crippen molar-refractivity contribution in [2.45, 2.75) is 13.3 Å². The second-order valence-electron chi connectivity index (χ2n) is 5.41. The second-order valence-corrected chi connectivity index (χ2v) is 5.82. The molecule has 1 fully saturated rings. The first-order valence-electron chi connectivity index (χ1n) is 7.00. The van der Waals surface area contributed by atoms with Gasteiger partial charge >= 0.3 is 5.97 Å². The van der Waals surface area contributed by atoms with Gasteiger partial charge in [-0.1, -0.05) is 11.6 Å². The van der Waals surface area contributed by atoms with Crippen molar-refractivity contribution in [3.63, 3.8) is 0 Å². The Morgan fingerprint density at radius 3 is 2.74 bits per heavy atom. The summed E-state index contributed by atoms with van der Waals surface area (Å²) in [5, 5.41) is 12.3. The summed E-state index contributed by atoms with van der Waals surface area (Å²) in [6.07, 6.45) is 0.575. The van der Waals surface area contributed by atoms with E-state index in [0.29, 0.717) is 36.0 Å². The number of aryl methyl sites for hydroxylation is 1. The van der Waals surface area contributed by atoms with Gasteiger partial charge in [-0.3, -0.25) is 14.5 Å². The van der Waals surface area contributed by atoms with E-state index in [1.165, 1.54) is 7.11 Å². The molecule has 1 saturated heterocycles. The second kappa shape index (κ2) is 8.38. The molecule has 2 rings (SSSR count). The summed E-state index contributed by atoms with van der Waals surface area (Å²) in [6.45, 7) is 3.02. The average Bonchev–Trinajstić information content (AvgIpc) is 2.91. The van der Waals surface area contributed by atoms with Crippen LogP contribution in [0.4, 0.5) is 5.69 Å². The quantitative estimate of drug-likeness (QED) is 0.840. The molecular formula is C15H20Cl2N2O4.